The van der Waals surface area contributed by atoms with Crippen LogP contribution < -0.4 is 5.32 Å². The van der Waals surface area contributed by atoms with Crippen molar-refractivity contribution in [2.45, 2.75) is 52.1 Å². The molecule has 1 aliphatic carbocycles. The lowest BCUT2D eigenvalue weighted by molar-refractivity contribution is -0.139. The van der Waals surface area contributed by atoms with Crippen LogP contribution in [0.25, 0.3) is 11.4 Å². The van der Waals surface area contributed by atoms with Crippen molar-refractivity contribution in [3.63, 3.8) is 0 Å². The largest absolute Gasteiger partial charge is 0.367 e. The molecule has 4 rings (SSSR count). The highest BCUT2D eigenvalue weighted by Crippen LogP contribution is 2.32. The van der Waals surface area contributed by atoms with E-state index in [1.54, 1.807) is 6.07 Å². The number of nitrogens with one attached hydrogen (secondary N) is 1. The molecule has 1 aromatic heterocycles. The van der Waals surface area contributed by atoms with E-state index >= 15 is 0 Å². The smallest absolute Gasteiger partial charge is 0.225 e. The molecule has 0 spiro atoms. The third-order valence-corrected chi connectivity index (χ3v) is 5.33. The summed E-state index contributed by atoms with van der Waals surface area (Å²) in [4.78, 5) is 24.0. The van der Waals surface area contributed by atoms with Gasteiger partial charge < -0.3 is 10.2 Å². The lowest BCUT2D eigenvalue weighted by Crippen LogP contribution is -2.42. The van der Waals surface area contributed by atoms with E-state index in [1.807, 2.05) is 11.0 Å². The summed E-state index contributed by atoms with van der Waals surface area (Å²) in [5.41, 5.74) is 2.60. The Morgan fingerprint density at radius 1 is 1.30 bits per heavy atom. The molecule has 5 nitrogen and oxygen atoms in total. The number of rotatable bonds is 4. The number of benzene rings is 1. The zero-order valence-electron chi connectivity index (χ0n) is 15.8. The summed E-state index contributed by atoms with van der Waals surface area (Å²) in [6.07, 6.45) is 3.87. The molecule has 0 unspecified atom stereocenters. The van der Waals surface area contributed by atoms with Crippen molar-refractivity contribution in [1.82, 2.24) is 14.9 Å². The van der Waals surface area contributed by atoms with Crippen LogP contribution in [0.1, 0.15) is 44.4 Å². The van der Waals surface area contributed by atoms with Crippen molar-refractivity contribution >= 4 is 11.7 Å². The van der Waals surface area contributed by atoms with Crippen LogP contribution in [-0.2, 0) is 17.8 Å². The molecule has 2 aromatic rings. The SMILES string of the molecule is CC(C)Nc1nc(-c2cccc(F)c2)nc2c1CN(C(=O)C1CCC1)CC2. The highest BCUT2D eigenvalue weighted by atomic mass is 19.1. The molecular weight excluding hydrogens is 343 g/mol. The van der Waals surface area contributed by atoms with Gasteiger partial charge in [0.1, 0.15) is 11.6 Å². The molecule has 1 fully saturated rings. The number of fused-ring (bicyclic) bond motifs is 1. The van der Waals surface area contributed by atoms with E-state index in [4.69, 9.17) is 4.98 Å². The van der Waals surface area contributed by atoms with E-state index < -0.39 is 0 Å². The molecule has 2 aliphatic rings. The first-order chi connectivity index (χ1) is 13.0. The first-order valence-electron chi connectivity index (χ1n) is 9.72. The molecular formula is C21H25FN4O. The summed E-state index contributed by atoms with van der Waals surface area (Å²) >= 11 is 0. The summed E-state index contributed by atoms with van der Waals surface area (Å²) in [6, 6.07) is 6.55. The number of amides is 1. The van der Waals surface area contributed by atoms with Crippen LogP contribution in [-0.4, -0.2) is 33.4 Å². The van der Waals surface area contributed by atoms with E-state index in [1.165, 1.54) is 12.1 Å². The maximum absolute atomic E-state index is 13.6. The van der Waals surface area contributed by atoms with Crippen LogP contribution in [0.2, 0.25) is 0 Å². The van der Waals surface area contributed by atoms with Crippen molar-refractivity contribution in [2.24, 2.45) is 5.92 Å². The Bertz CT molecular complexity index is 863. The minimum absolute atomic E-state index is 0.195. The van der Waals surface area contributed by atoms with E-state index in [9.17, 15) is 9.18 Å². The van der Waals surface area contributed by atoms with Gasteiger partial charge >= 0.3 is 0 Å². The summed E-state index contributed by atoms with van der Waals surface area (Å²) in [5.74, 6) is 1.43. The molecule has 1 N–H and O–H groups in total. The van der Waals surface area contributed by atoms with Crippen molar-refractivity contribution in [1.29, 1.82) is 0 Å². The second kappa shape index (κ2) is 7.25. The van der Waals surface area contributed by atoms with Crippen molar-refractivity contribution in [2.75, 3.05) is 11.9 Å². The number of carbonyl (C=O) groups excluding carboxylic acids is 1. The number of carbonyl (C=O) groups is 1. The molecule has 1 saturated carbocycles. The number of anilines is 1. The Morgan fingerprint density at radius 2 is 2.11 bits per heavy atom. The zero-order chi connectivity index (χ0) is 19.0. The molecule has 142 valence electrons. The Labute approximate surface area is 159 Å². The molecule has 1 amide bonds. The van der Waals surface area contributed by atoms with Gasteiger partial charge in [0.05, 0.1) is 12.2 Å². The summed E-state index contributed by atoms with van der Waals surface area (Å²) < 4.78 is 13.6. The first-order valence-corrected chi connectivity index (χ1v) is 9.72. The molecule has 1 aromatic carbocycles. The van der Waals surface area contributed by atoms with Crippen LogP contribution in [0.3, 0.4) is 0 Å². The Kier molecular flexibility index (Phi) is 4.81. The maximum Gasteiger partial charge on any atom is 0.225 e. The topological polar surface area (TPSA) is 58.1 Å². The number of hydrogen-bond donors (Lipinski definition) is 1. The van der Waals surface area contributed by atoms with Gasteiger partial charge in [-0.1, -0.05) is 18.6 Å². The van der Waals surface area contributed by atoms with Gasteiger partial charge in [0.2, 0.25) is 5.91 Å². The zero-order valence-corrected chi connectivity index (χ0v) is 15.8. The van der Waals surface area contributed by atoms with Gasteiger partial charge in [0.15, 0.2) is 5.82 Å². The molecule has 2 heterocycles. The number of hydrogen-bond acceptors (Lipinski definition) is 4. The fraction of sp³-hybridized carbons (Fsp3) is 0.476. The third kappa shape index (κ3) is 3.66. The molecule has 0 saturated heterocycles. The summed E-state index contributed by atoms with van der Waals surface area (Å²) in [7, 11) is 0. The van der Waals surface area contributed by atoms with Crippen molar-refractivity contribution < 1.29 is 9.18 Å². The van der Waals surface area contributed by atoms with Crippen molar-refractivity contribution in [3.8, 4) is 11.4 Å². The third-order valence-electron chi connectivity index (χ3n) is 5.33. The van der Waals surface area contributed by atoms with Crippen LogP contribution >= 0.6 is 0 Å². The highest BCUT2D eigenvalue weighted by molar-refractivity contribution is 5.80. The van der Waals surface area contributed by atoms with Gasteiger partial charge in [-0.25, -0.2) is 14.4 Å². The molecule has 6 heteroatoms. The summed E-state index contributed by atoms with van der Waals surface area (Å²) in [5, 5.41) is 3.39. The van der Waals surface area contributed by atoms with Crippen LogP contribution in [0, 0.1) is 11.7 Å². The quantitative estimate of drug-likeness (QED) is 0.892. The fourth-order valence-electron chi connectivity index (χ4n) is 3.67. The van der Waals surface area contributed by atoms with Crippen LogP contribution in [0.5, 0.6) is 0 Å². The van der Waals surface area contributed by atoms with Crippen molar-refractivity contribution in [3.05, 3.63) is 41.3 Å². The molecule has 0 bridgehead atoms. The Hall–Kier alpha value is -2.50. The lowest BCUT2D eigenvalue weighted by atomic mass is 9.84. The Morgan fingerprint density at radius 3 is 2.78 bits per heavy atom. The highest BCUT2D eigenvalue weighted by Gasteiger charge is 2.32. The molecule has 0 radical (unpaired) electrons. The minimum atomic E-state index is -0.301. The van der Waals surface area contributed by atoms with E-state index in [0.717, 1.165) is 36.3 Å². The summed E-state index contributed by atoms with van der Waals surface area (Å²) in [6.45, 7) is 5.33. The van der Waals surface area contributed by atoms with E-state index in [-0.39, 0.29) is 23.7 Å². The van der Waals surface area contributed by atoms with Gasteiger partial charge in [-0.2, -0.15) is 0 Å². The number of halogens is 1. The Balaban J connectivity index is 1.69. The van der Waals surface area contributed by atoms with E-state index in [2.05, 4.69) is 24.1 Å². The number of aromatic nitrogens is 2. The van der Waals surface area contributed by atoms with E-state index in [0.29, 0.717) is 30.9 Å². The normalized spacial score (nSPS) is 16.8. The average molecular weight is 368 g/mol. The van der Waals surface area contributed by atoms with Crippen LogP contribution in [0.4, 0.5) is 10.2 Å². The second-order valence-corrected chi connectivity index (χ2v) is 7.77. The standard InChI is InChI=1S/C21H25FN4O/c1-13(2)23-20-17-12-26(21(27)14-5-3-6-14)10-9-18(17)24-19(25-20)15-7-4-8-16(22)11-15/h4,7-8,11,13-14H,3,5-6,9-10,12H2,1-2H3,(H,23,24,25). The maximum atomic E-state index is 13.6. The first kappa shape index (κ1) is 17.9. The monoisotopic (exact) mass is 368 g/mol. The van der Waals surface area contributed by atoms with Gasteiger partial charge in [0, 0.05) is 36.1 Å². The predicted octanol–water partition coefficient (Wildman–Crippen LogP) is 3.79. The molecule has 0 atom stereocenters. The average Bonchev–Trinajstić information content (AvgIpc) is 2.59. The molecule has 1 aliphatic heterocycles. The lowest BCUT2D eigenvalue weighted by Gasteiger charge is -2.35. The van der Waals surface area contributed by atoms with Gasteiger partial charge in [-0.15, -0.1) is 0 Å². The minimum Gasteiger partial charge on any atom is -0.367 e. The molecule has 27 heavy (non-hydrogen) atoms. The van der Waals surface area contributed by atoms with Gasteiger partial charge in [-0.05, 0) is 38.8 Å². The number of nitrogens with zero attached hydrogens (tertiary/aromatic N) is 3. The van der Waals surface area contributed by atoms with Gasteiger partial charge in [0.25, 0.3) is 0 Å². The van der Waals surface area contributed by atoms with Gasteiger partial charge in [-0.3, -0.25) is 4.79 Å². The predicted molar refractivity (Wildman–Crippen MR) is 103 cm³/mol. The van der Waals surface area contributed by atoms with Crippen LogP contribution in [0.15, 0.2) is 24.3 Å². The second-order valence-electron chi connectivity index (χ2n) is 7.77. The fourth-order valence-corrected chi connectivity index (χ4v) is 3.67.